The van der Waals surface area contributed by atoms with Crippen molar-refractivity contribution in [2.45, 2.75) is 24.8 Å². The van der Waals surface area contributed by atoms with Gasteiger partial charge in [0, 0.05) is 5.92 Å². The summed E-state index contributed by atoms with van der Waals surface area (Å²) in [6, 6.07) is 10.0. The van der Waals surface area contributed by atoms with Crippen molar-refractivity contribution in [1.82, 2.24) is 0 Å². The number of benzene rings is 1. The molecule has 0 aromatic heterocycles. The van der Waals surface area contributed by atoms with Crippen molar-refractivity contribution in [3.8, 4) is 6.07 Å². The van der Waals surface area contributed by atoms with Crippen LogP contribution in [0.5, 0.6) is 0 Å². The first-order valence-electron chi connectivity index (χ1n) is 4.56. The fourth-order valence-corrected chi connectivity index (χ4v) is 2.05. The van der Waals surface area contributed by atoms with Gasteiger partial charge in [0.2, 0.25) is 0 Å². The number of nitrogens with two attached hydrogens (primary N) is 1. The average Bonchev–Trinajstić information content (AvgIpc) is 2.60. The zero-order valence-electron chi connectivity index (χ0n) is 7.40. The zero-order chi connectivity index (χ0) is 9.26. The highest BCUT2D eigenvalue weighted by Gasteiger charge is 2.26. The van der Waals surface area contributed by atoms with E-state index in [4.69, 9.17) is 11.0 Å². The Hall–Kier alpha value is -1.33. The normalized spacial score (nSPS) is 22.0. The Morgan fingerprint density at radius 3 is 3.00 bits per heavy atom. The third kappa shape index (κ3) is 1.32. The molecule has 1 aliphatic carbocycles. The van der Waals surface area contributed by atoms with Gasteiger partial charge in [-0.2, -0.15) is 5.26 Å². The van der Waals surface area contributed by atoms with Gasteiger partial charge in [-0.25, -0.2) is 0 Å². The SMILES string of the molecule is N#CC(N)C1CCc2ccccc21. The van der Waals surface area contributed by atoms with Crippen LogP contribution in [0.1, 0.15) is 23.5 Å². The van der Waals surface area contributed by atoms with Crippen LogP contribution in [-0.4, -0.2) is 6.04 Å². The molecule has 0 fully saturated rings. The maximum Gasteiger partial charge on any atom is 0.0997 e. The lowest BCUT2D eigenvalue weighted by Gasteiger charge is -2.12. The minimum Gasteiger partial charge on any atom is -0.315 e. The van der Waals surface area contributed by atoms with Gasteiger partial charge in [-0.05, 0) is 24.0 Å². The number of aryl methyl sites for hydroxylation is 1. The van der Waals surface area contributed by atoms with Crippen LogP contribution >= 0.6 is 0 Å². The van der Waals surface area contributed by atoms with Crippen LogP contribution < -0.4 is 5.73 Å². The highest BCUT2D eigenvalue weighted by molar-refractivity contribution is 5.37. The van der Waals surface area contributed by atoms with E-state index in [0.717, 1.165) is 12.8 Å². The van der Waals surface area contributed by atoms with Crippen molar-refractivity contribution in [3.05, 3.63) is 35.4 Å². The van der Waals surface area contributed by atoms with E-state index in [1.807, 2.05) is 12.1 Å². The molecule has 2 nitrogen and oxygen atoms in total. The molecular formula is C11H12N2. The molecule has 0 heterocycles. The van der Waals surface area contributed by atoms with Crippen LogP contribution in [-0.2, 0) is 6.42 Å². The lowest BCUT2D eigenvalue weighted by molar-refractivity contribution is 0.613. The Morgan fingerprint density at radius 2 is 2.23 bits per heavy atom. The summed E-state index contributed by atoms with van der Waals surface area (Å²) >= 11 is 0. The summed E-state index contributed by atoms with van der Waals surface area (Å²) in [5.74, 6) is 0.251. The van der Waals surface area contributed by atoms with Gasteiger partial charge in [0.1, 0.15) is 0 Å². The molecule has 13 heavy (non-hydrogen) atoms. The Bertz CT molecular complexity index is 351. The highest BCUT2D eigenvalue weighted by Crippen LogP contribution is 2.34. The van der Waals surface area contributed by atoms with Crippen LogP contribution in [0.25, 0.3) is 0 Å². The summed E-state index contributed by atoms with van der Waals surface area (Å²) in [7, 11) is 0. The van der Waals surface area contributed by atoms with Gasteiger partial charge in [0.15, 0.2) is 0 Å². The van der Waals surface area contributed by atoms with E-state index in [0.29, 0.717) is 0 Å². The van der Waals surface area contributed by atoms with Gasteiger partial charge in [-0.1, -0.05) is 24.3 Å². The molecule has 0 saturated carbocycles. The van der Waals surface area contributed by atoms with E-state index in [1.165, 1.54) is 11.1 Å². The van der Waals surface area contributed by atoms with Crippen molar-refractivity contribution < 1.29 is 0 Å². The first-order valence-corrected chi connectivity index (χ1v) is 4.56. The maximum absolute atomic E-state index is 8.75. The fraction of sp³-hybridized carbons (Fsp3) is 0.364. The lowest BCUT2D eigenvalue weighted by Crippen LogP contribution is -2.24. The number of hydrogen-bond donors (Lipinski definition) is 1. The molecule has 0 aliphatic heterocycles. The molecule has 0 saturated heterocycles. The molecule has 0 spiro atoms. The van der Waals surface area contributed by atoms with Gasteiger partial charge in [-0.15, -0.1) is 0 Å². The van der Waals surface area contributed by atoms with E-state index in [2.05, 4.69) is 18.2 Å². The topological polar surface area (TPSA) is 49.8 Å². The third-order valence-corrected chi connectivity index (χ3v) is 2.76. The first-order chi connectivity index (χ1) is 6.33. The molecule has 2 unspecified atom stereocenters. The molecule has 2 rings (SSSR count). The average molecular weight is 172 g/mol. The second kappa shape index (κ2) is 3.20. The van der Waals surface area contributed by atoms with Crippen molar-refractivity contribution in [1.29, 1.82) is 5.26 Å². The quantitative estimate of drug-likeness (QED) is 0.699. The molecule has 0 bridgehead atoms. The van der Waals surface area contributed by atoms with Crippen LogP contribution in [0, 0.1) is 11.3 Å². The van der Waals surface area contributed by atoms with E-state index in [9.17, 15) is 0 Å². The predicted molar refractivity (Wildman–Crippen MR) is 51.1 cm³/mol. The number of nitrogens with zero attached hydrogens (tertiary/aromatic N) is 1. The standard InChI is InChI=1S/C11H12N2/c12-7-11(13)10-6-5-8-3-1-2-4-9(8)10/h1-4,10-11H,5-6,13H2. The van der Waals surface area contributed by atoms with Gasteiger partial charge < -0.3 is 5.73 Å². The summed E-state index contributed by atoms with van der Waals surface area (Å²) in [5.41, 5.74) is 8.37. The number of rotatable bonds is 1. The van der Waals surface area contributed by atoms with E-state index >= 15 is 0 Å². The maximum atomic E-state index is 8.75. The molecule has 2 heteroatoms. The highest BCUT2D eigenvalue weighted by atomic mass is 14.7. The van der Waals surface area contributed by atoms with Crippen molar-refractivity contribution in [2.24, 2.45) is 5.73 Å². The molecule has 0 amide bonds. The van der Waals surface area contributed by atoms with Gasteiger partial charge in [-0.3, -0.25) is 0 Å². The molecule has 1 aromatic carbocycles. The predicted octanol–water partition coefficient (Wildman–Crippen LogP) is 1.57. The summed E-state index contributed by atoms with van der Waals surface area (Å²) < 4.78 is 0. The van der Waals surface area contributed by atoms with Gasteiger partial charge in [0.05, 0.1) is 12.1 Å². The molecule has 2 atom stereocenters. The smallest absolute Gasteiger partial charge is 0.0997 e. The summed E-state index contributed by atoms with van der Waals surface area (Å²) in [5, 5.41) is 8.75. The summed E-state index contributed by atoms with van der Waals surface area (Å²) in [6.45, 7) is 0. The molecule has 2 N–H and O–H groups in total. The number of nitriles is 1. The molecule has 0 radical (unpaired) electrons. The van der Waals surface area contributed by atoms with E-state index < -0.39 is 0 Å². The minimum atomic E-state index is -0.344. The number of fused-ring (bicyclic) bond motifs is 1. The number of hydrogen-bond acceptors (Lipinski definition) is 2. The van der Waals surface area contributed by atoms with Crippen molar-refractivity contribution >= 4 is 0 Å². The van der Waals surface area contributed by atoms with Crippen LogP contribution in [0.15, 0.2) is 24.3 Å². The Morgan fingerprint density at radius 1 is 1.46 bits per heavy atom. The van der Waals surface area contributed by atoms with Crippen LogP contribution in [0.2, 0.25) is 0 Å². The molecular weight excluding hydrogens is 160 g/mol. The molecule has 1 aliphatic rings. The minimum absolute atomic E-state index is 0.251. The summed E-state index contributed by atoms with van der Waals surface area (Å²) in [6.07, 6.45) is 2.09. The second-order valence-corrected chi connectivity index (χ2v) is 3.50. The van der Waals surface area contributed by atoms with E-state index in [-0.39, 0.29) is 12.0 Å². The van der Waals surface area contributed by atoms with Crippen LogP contribution in [0.3, 0.4) is 0 Å². The van der Waals surface area contributed by atoms with Gasteiger partial charge in [0.25, 0.3) is 0 Å². The van der Waals surface area contributed by atoms with Crippen LogP contribution in [0.4, 0.5) is 0 Å². The fourth-order valence-electron chi connectivity index (χ4n) is 2.05. The van der Waals surface area contributed by atoms with Crippen molar-refractivity contribution in [3.63, 3.8) is 0 Å². The zero-order valence-corrected chi connectivity index (χ0v) is 7.40. The molecule has 1 aromatic rings. The second-order valence-electron chi connectivity index (χ2n) is 3.50. The Balaban J connectivity index is 2.34. The molecule has 66 valence electrons. The third-order valence-electron chi connectivity index (χ3n) is 2.76. The Labute approximate surface area is 78.0 Å². The lowest BCUT2D eigenvalue weighted by atomic mass is 9.95. The Kier molecular flexibility index (Phi) is 2.03. The first kappa shape index (κ1) is 8.28. The van der Waals surface area contributed by atoms with Crippen molar-refractivity contribution in [2.75, 3.05) is 0 Å². The largest absolute Gasteiger partial charge is 0.315 e. The van der Waals surface area contributed by atoms with Gasteiger partial charge >= 0.3 is 0 Å². The summed E-state index contributed by atoms with van der Waals surface area (Å²) in [4.78, 5) is 0. The monoisotopic (exact) mass is 172 g/mol. The van der Waals surface area contributed by atoms with E-state index in [1.54, 1.807) is 0 Å².